The third-order valence-corrected chi connectivity index (χ3v) is 4.46. The number of thioether (sulfide) groups is 1. The van der Waals surface area contributed by atoms with Crippen molar-refractivity contribution in [3.05, 3.63) is 39.3 Å². The highest BCUT2D eigenvalue weighted by Crippen LogP contribution is 2.31. The third-order valence-electron chi connectivity index (χ3n) is 1.99. The van der Waals surface area contributed by atoms with Gasteiger partial charge in [0.15, 0.2) is 0 Å². The summed E-state index contributed by atoms with van der Waals surface area (Å²) in [5.74, 6) is 0.836. The Morgan fingerprint density at radius 3 is 3.00 bits per heavy atom. The molecule has 2 aromatic rings. The van der Waals surface area contributed by atoms with Crippen LogP contribution in [0.5, 0.6) is 0 Å². The molecule has 2 nitrogen and oxygen atoms in total. The van der Waals surface area contributed by atoms with E-state index in [2.05, 4.69) is 10.4 Å². The SMILES string of the molecule is Cc1csc(CSc2cc(Cl)ccc2N)n1. The van der Waals surface area contributed by atoms with Gasteiger partial charge >= 0.3 is 0 Å². The fourth-order valence-electron chi connectivity index (χ4n) is 1.24. The topological polar surface area (TPSA) is 38.9 Å². The van der Waals surface area contributed by atoms with Crippen LogP contribution in [0.15, 0.2) is 28.5 Å². The zero-order chi connectivity index (χ0) is 11.5. The lowest BCUT2D eigenvalue weighted by Crippen LogP contribution is -1.88. The van der Waals surface area contributed by atoms with Gasteiger partial charge in [-0.1, -0.05) is 11.6 Å². The minimum atomic E-state index is 0.715. The molecule has 0 spiro atoms. The third kappa shape index (κ3) is 2.90. The number of rotatable bonds is 3. The summed E-state index contributed by atoms with van der Waals surface area (Å²) in [6.07, 6.45) is 0. The van der Waals surface area contributed by atoms with Crippen LogP contribution in [0.4, 0.5) is 5.69 Å². The molecule has 16 heavy (non-hydrogen) atoms. The van der Waals surface area contributed by atoms with Gasteiger partial charge in [-0.05, 0) is 25.1 Å². The van der Waals surface area contributed by atoms with Gasteiger partial charge in [-0.2, -0.15) is 0 Å². The van der Waals surface area contributed by atoms with E-state index in [9.17, 15) is 0 Å². The first kappa shape index (κ1) is 11.8. The molecular formula is C11H11ClN2S2. The average Bonchev–Trinajstić information content (AvgIpc) is 2.66. The van der Waals surface area contributed by atoms with Crippen LogP contribution in [-0.4, -0.2) is 4.98 Å². The van der Waals surface area contributed by atoms with Crippen LogP contribution in [0.25, 0.3) is 0 Å². The van der Waals surface area contributed by atoms with Crippen molar-refractivity contribution >= 4 is 40.4 Å². The van der Waals surface area contributed by atoms with Crippen LogP contribution in [0.3, 0.4) is 0 Å². The van der Waals surface area contributed by atoms with Crippen molar-refractivity contribution in [2.24, 2.45) is 0 Å². The summed E-state index contributed by atoms with van der Waals surface area (Å²) >= 11 is 9.26. The summed E-state index contributed by atoms with van der Waals surface area (Å²) in [6, 6.07) is 5.52. The maximum atomic E-state index is 5.92. The fraction of sp³-hybridized carbons (Fsp3) is 0.182. The van der Waals surface area contributed by atoms with Crippen LogP contribution in [0.1, 0.15) is 10.7 Å². The quantitative estimate of drug-likeness (QED) is 0.677. The number of nitrogens with two attached hydrogens (primary N) is 1. The van der Waals surface area contributed by atoms with Crippen LogP contribution < -0.4 is 5.73 Å². The van der Waals surface area contributed by atoms with Crippen molar-refractivity contribution < 1.29 is 0 Å². The maximum Gasteiger partial charge on any atom is 0.103 e. The second kappa shape index (κ2) is 5.08. The number of halogens is 1. The van der Waals surface area contributed by atoms with Gasteiger partial charge in [-0.25, -0.2) is 4.98 Å². The van der Waals surface area contributed by atoms with Crippen LogP contribution >= 0.6 is 34.7 Å². The van der Waals surface area contributed by atoms with Crippen LogP contribution in [0.2, 0.25) is 5.02 Å². The molecule has 0 aliphatic carbocycles. The molecule has 0 saturated heterocycles. The number of anilines is 1. The summed E-state index contributed by atoms with van der Waals surface area (Å²) in [6.45, 7) is 2.00. The molecule has 0 amide bonds. The molecule has 0 fully saturated rings. The van der Waals surface area contributed by atoms with E-state index in [1.54, 1.807) is 29.2 Å². The molecule has 2 rings (SSSR count). The maximum absolute atomic E-state index is 5.92. The molecule has 0 aliphatic rings. The van der Waals surface area contributed by atoms with Gasteiger partial charge in [-0.15, -0.1) is 23.1 Å². The Morgan fingerprint density at radius 2 is 2.31 bits per heavy atom. The predicted octanol–water partition coefficient (Wildman–Crippen LogP) is 3.98. The minimum Gasteiger partial charge on any atom is -0.398 e. The van der Waals surface area contributed by atoms with E-state index in [0.29, 0.717) is 5.02 Å². The molecule has 2 N–H and O–H groups in total. The lowest BCUT2D eigenvalue weighted by atomic mass is 10.3. The number of nitrogens with zero attached hydrogens (tertiary/aromatic N) is 1. The van der Waals surface area contributed by atoms with E-state index >= 15 is 0 Å². The number of hydrogen-bond acceptors (Lipinski definition) is 4. The summed E-state index contributed by atoms with van der Waals surface area (Å²) in [7, 11) is 0. The van der Waals surface area contributed by atoms with Crippen molar-refractivity contribution in [1.29, 1.82) is 0 Å². The van der Waals surface area contributed by atoms with Crippen molar-refractivity contribution in [1.82, 2.24) is 4.98 Å². The van der Waals surface area contributed by atoms with Crippen LogP contribution in [0, 0.1) is 6.92 Å². The molecule has 0 atom stereocenters. The standard InChI is InChI=1S/C11H11ClN2S2/c1-7-5-16-11(14-7)6-15-10-4-8(12)2-3-9(10)13/h2-5H,6,13H2,1H3. The highest BCUT2D eigenvalue weighted by molar-refractivity contribution is 7.98. The average molecular weight is 271 g/mol. The number of nitrogen functional groups attached to an aromatic ring is 1. The first-order valence-electron chi connectivity index (χ1n) is 4.74. The molecule has 0 unspecified atom stereocenters. The Bertz CT molecular complexity index is 496. The summed E-state index contributed by atoms with van der Waals surface area (Å²) < 4.78 is 0. The van der Waals surface area contributed by atoms with E-state index in [0.717, 1.165) is 27.0 Å². The molecule has 1 aromatic heterocycles. The summed E-state index contributed by atoms with van der Waals surface area (Å²) in [4.78, 5) is 5.42. The Hall–Kier alpha value is -0.710. The van der Waals surface area contributed by atoms with E-state index < -0.39 is 0 Å². The van der Waals surface area contributed by atoms with E-state index in [-0.39, 0.29) is 0 Å². The molecule has 0 aliphatic heterocycles. The molecule has 0 saturated carbocycles. The number of aromatic nitrogens is 1. The lowest BCUT2D eigenvalue weighted by Gasteiger charge is -2.04. The first-order valence-corrected chi connectivity index (χ1v) is 6.98. The molecule has 84 valence electrons. The van der Waals surface area contributed by atoms with Gasteiger partial charge in [0.25, 0.3) is 0 Å². The van der Waals surface area contributed by atoms with Gasteiger partial charge < -0.3 is 5.73 Å². The Morgan fingerprint density at radius 1 is 1.50 bits per heavy atom. The van der Waals surface area contributed by atoms with Crippen molar-refractivity contribution in [3.8, 4) is 0 Å². The Labute approximate surface area is 108 Å². The smallest absolute Gasteiger partial charge is 0.103 e. The van der Waals surface area contributed by atoms with Gasteiger partial charge in [0.05, 0.1) is 5.75 Å². The highest BCUT2D eigenvalue weighted by Gasteiger charge is 2.04. The number of benzene rings is 1. The van der Waals surface area contributed by atoms with Crippen molar-refractivity contribution in [3.63, 3.8) is 0 Å². The monoisotopic (exact) mass is 270 g/mol. The molecule has 5 heteroatoms. The Balaban J connectivity index is 2.07. The van der Waals surface area contributed by atoms with Gasteiger partial charge in [-0.3, -0.25) is 0 Å². The first-order chi connectivity index (χ1) is 7.65. The molecule has 1 heterocycles. The van der Waals surface area contributed by atoms with E-state index in [1.807, 2.05) is 19.1 Å². The van der Waals surface area contributed by atoms with Crippen LogP contribution in [-0.2, 0) is 5.75 Å². The summed E-state index contributed by atoms with van der Waals surface area (Å²) in [5, 5.41) is 3.88. The zero-order valence-electron chi connectivity index (χ0n) is 8.74. The zero-order valence-corrected chi connectivity index (χ0v) is 11.1. The molecule has 1 aromatic carbocycles. The number of thiazole rings is 1. The molecule has 0 radical (unpaired) electrons. The second-order valence-electron chi connectivity index (χ2n) is 3.35. The largest absolute Gasteiger partial charge is 0.398 e. The predicted molar refractivity (Wildman–Crippen MR) is 72.3 cm³/mol. The lowest BCUT2D eigenvalue weighted by molar-refractivity contribution is 1.18. The Kier molecular flexibility index (Phi) is 3.74. The van der Waals surface area contributed by atoms with Gasteiger partial charge in [0, 0.05) is 26.7 Å². The van der Waals surface area contributed by atoms with Crippen molar-refractivity contribution in [2.75, 3.05) is 5.73 Å². The second-order valence-corrected chi connectivity index (χ2v) is 5.75. The minimum absolute atomic E-state index is 0.715. The van der Waals surface area contributed by atoms with E-state index in [4.69, 9.17) is 17.3 Å². The van der Waals surface area contributed by atoms with Gasteiger partial charge in [0.2, 0.25) is 0 Å². The molecular weight excluding hydrogens is 260 g/mol. The normalized spacial score (nSPS) is 10.6. The highest BCUT2D eigenvalue weighted by atomic mass is 35.5. The number of aryl methyl sites for hydroxylation is 1. The molecule has 0 bridgehead atoms. The summed E-state index contributed by atoms with van der Waals surface area (Å²) in [5.41, 5.74) is 7.70. The van der Waals surface area contributed by atoms with Gasteiger partial charge in [0.1, 0.15) is 5.01 Å². The van der Waals surface area contributed by atoms with E-state index in [1.165, 1.54) is 0 Å². The van der Waals surface area contributed by atoms with Crippen molar-refractivity contribution in [2.45, 2.75) is 17.6 Å². The fourth-order valence-corrected chi connectivity index (χ4v) is 3.27. The number of hydrogen-bond donors (Lipinski definition) is 1.